The molecule has 2 heterocycles. The van der Waals surface area contributed by atoms with Crippen molar-refractivity contribution in [2.75, 3.05) is 6.54 Å². The zero-order valence-corrected chi connectivity index (χ0v) is 10.6. The highest BCUT2D eigenvalue weighted by Gasteiger charge is 2.46. The molecule has 1 atom stereocenters. The third-order valence-electron chi connectivity index (χ3n) is 3.57. The van der Waals surface area contributed by atoms with Crippen molar-refractivity contribution in [2.24, 2.45) is 0 Å². The van der Waals surface area contributed by atoms with Crippen LogP contribution in [0.25, 0.3) is 0 Å². The summed E-state index contributed by atoms with van der Waals surface area (Å²) >= 11 is 0. The molecule has 0 bridgehead atoms. The fourth-order valence-electron chi connectivity index (χ4n) is 2.33. The normalized spacial score (nSPS) is 23.3. The molecule has 1 aliphatic rings. The predicted molar refractivity (Wildman–Crippen MR) is 64.4 cm³/mol. The number of hydrogen-bond donors (Lipinski definition) is 1. The molecule has 1 fully saturated rings. The van der Waals surface area contributed by atoms with Gasteiger partial charge < -0.3 is 14.4 Å². The van der Waals surface area contributed by atoms with Crippen molar-refractivity contribution in [3.8, 4) is 0 Å². The lowest BCUT2D eigenvalue weighted by Crippen LogP contribution is -2.50. The summed E-state index contributed by atoms with van der Waals surface area (Å²) in [7, 11) is 0. The molecule has 1 aromatic heterocycles. The van der Waals surface area contributed by atoms with Crippen molar-refractivity contribution < 1.29 is 19.1 Å². The summed E-state index contributed by atoms with van der Waals surface area (Å²) in [6.07, 6.45) is 1.90. The van der Waals surface area contributed by atoms with E-state index in [1.54, 1.807) is 19.1 Å². The van der Waals surface area contributed by atoms with Gasteiger partial charge in [-0.3, -0.25) is 4.79 Å². The molecule has 5 heteroatoms. The number of aliphatic carboxylic acids is 1. The van der Waals surface area contributed by atoms with Gasteiger partial charge in [0.25, 0.3) is 5.91 Å². The van der Waals surface area contributed by atoms with Gasteiger partial charge >= 0.3 is 5.97 Å². The number of likely N-dealkylation sites (tertiary alicyclic amines) is 1. The summed E-state index contributed by atoms with van der Waals surface area (Å²) < 4.78 is 5.40. The molecule has 1 N–H and O–H groups in total. The Bertz CT molecular complexity index is 479. The van der Waals surface area contributed by atoms with E-state index in [4.69, 9.17) is 4.42 Å². The smallest absolute Gasteiger partial charge is 0.329 e. The fraction of sp³-hybridized carbons (Fsp3) is 0.538. The molecule has 2 rings (SSSR count). The Balaban J connectivity index is 2.25. The predicted octanol–water partition coefficient (Wildman–Crippen LogP) is 1.92. The molecule has 1 aromatic rings. The molecular weight excluding hydrogens is 234 g/mol. The molecule has 1 amide bonds. The molecule has 98 valence electrons. The second-order valence-electron chi connectivity index (χ2n) is 4.76. The zero-order valence-electron chi connectivity index (χ0n) is 10.6. The van der Waals surface area contributed by atoms with E-state index in [0.717, 1.165) is 5.76 Å². The number of furan rings is 1. The summed E-state index contributed by atoms with van der Waals surface area (Å²) in [6, 6.07) is 3.36. The first-order valence-corrected chi connectivity index (χ1v) is 6.13. The first-order chi connectivity index (χ1) is 8.49. The average Bonchev–Trinajstić information content (AvgIpc) is 2.95. The van der Waals surface area contributed by atoms with Crippen LogP contribution in [0.1, 0.15) is 43.0 Å². The van der Waals surface area contributed by atoms with Gasteiger partial charge in [0.1, 0.15) is 11.3 Å². The van der Waals surface area contributed by atoms with Crippen molar-refractivity contribution in [3.63, 3.8) is 0 Å². The second-order valence-corrected chi connectivity index (χ2v) is 4.76. The van der Waals surface area contributed by atoms with Crippen molar-refractivity contribution in [2.45, 2.75) is 38.6 Å². The molecular formula is C13H17NO4. The van der Waals surface area contributed by atoms with Gasteiger partial charge in [0.15, 0.2) is 5.76 Å². The standard InChI is InChI=1S/C13H17NO4/c1-3-9-5-6-10(18-9)11(15)14-8-4-7-13(14,2)12(16)17/h5-6H,3-4,7-8H2,1-2H3,(H,16,17). The third kappa shape index (κ3) is 1.89. The van der Waals surface area contributed by atoms with Gasteiger partial charge in [0.2, 0.25) is 0 Å². The number of amides is 1. The van der Waals surface area contributed by atoms with Crippen molar-refractivity contribution in [3.05, 3.63) is 23.7 Å². The van der Waals surface area contributed by atoms with Crippen LogP contribution in [0, 0.1) is 0 Å². The van der Waals surface area contributed by atoms with E-state index >= 15 is 0 Å². The first-order valence-electron chi connectivity index (χ1n) is 6.13. The van der Waals surface area contributed by atoms with Crippen LogP contribution in [0.15, 0.2) is 16.5 Å². The fourth-order valence-corrected chi connectivity index (χ4v) is 2.33. The van der Waals surface area contributed by atoms with Gasteiger partial charge in [-0.25, -0.2) is 4.79 Å². The molecule has 1 aliphatic heterocycles. The van der Waals surface area contributed by atoms with E-state index < -0.39 is 11.5 Å². The lowest BCUT2D eigenvalue weighted by atomic mass is 9.99. The van der Waals surface area contributed by atoms with Crippen LogP contribution in [0.5, 0.6) is 0 Å². The molecule has 0 saturated carbocycles. The van der Waals surface area contributed by atoms with Crippen LogP contribution in [-0.4, -0.2) is 34.0 Å². The molecule has 0 aliphatic carbocycles. The van der Waals surface area contributed by atoms with Gasteiger partial charge in [0, 0.05) is 13.0 Å². The molecule has 0 spiro atoms. The Morgan fingerprint density at radius 1 is 1.50 bits per heavy atom. The Kier molecular flexibility index (Phi) is 3.15. The van der Waals surface area contributed by atoms with E-state index in [0.29, 0.717) is 25.8 Å². The zero-order chi connectivity index (χ0) is 13.3. The highest BCUT2D eigenvalue weighted by molar-refractivity contribution is 5.96. The van der Waals surface area contributed by atoms with Gasteiger partial charge in [-0.2, -0.15) is 0 Å². The second kappa shape index (κ2) is 4.48. The maximum atomic E-state index is 12.3. The van der Waals surface area contributed by atoms with E-state index in [9.17, 15) is 14.7 Å². The Hall–Kier alpha value is -1.78. The molecule has 1 saturated heterocycles. The van der Waals surface area contributed by atoms with E-state index in [1.165, 1.54) is 4.90 Å². The summed E-state index contributed by atoms with van der Waals surface area (Å²) in [6.45, 7) is 3.98. The minimum absolute atomic E-state index is 0.223. The first kappa shape index (κ1) is 12.7. The number of nitrogens with zero attached hydrogens (tertiary/aromatic N) is 1. The van der Waals surface area contributed by atoms with Crippen LogP contribution in [-0.2, 0) is 11.2 Å². The minimum atomic E-state index is -1.11. The van der Waals surface area contributed by atoms with Gasteiger partial charge in [-0.1, -0.05) is 6.92 Å². The topological polar surface area (TPSA) is 70.8 Å². The Morgan fingerprint density at radius 3 is 2.78 bits per heavy atom. The number of rotatable bonds is 3. The highest BCUT2D eigenvalue weighted by atomic mass is 16.4. The maximum Gasteiger partial charge on any atom is 0.329 e. The third-order valence-corrected chi connectivity index (χ3v) is 3.57. The Labute approximate surface area is 105 Å². The van der Waals surface area contributed by atoms with E-state index in [1.807, 2.05) is 6.92 Å². The quantitative estimate of drug-likeness (QED) is 0.891. The van der Waals surface area contributed by atoms with Crippen molar-refractivity contribution in [1.29, 1.82) is 0 Å². The number of carbonyl (C=O) groups is 2. The number of carbonyl (C=O) groups excluding carboxylic acids is 1. The van der Waals surface area contributed by atoms with Crippen molar-refractivity contribution >= 4 is 11.9 Å². The van der Waals surface area contributed by atoms with Gasteiger partial charge in [-0.05, 0) is 31.9 Å². The Morgan fingerprint density at radius 2 is 2.22 bits per heavy atom. The molecule has 5 nitrogen and oxygen atoms in total. The number of hydrogen-bond acceptors (Lipinski definition) is 3. The summed E-state index contributed by atoms with van der Waals surface area (Å²) in [4.78, 5) is 25.0. The number of carboxylic acid groups (broad SMARTS) is 1. The van der Waals surface area contributed by atoms with Crippen molar-refractivity contribution in [1.82, 2.24) is 4.90 Å². The van der Waals surface area contributed by atoms with Crippen LogP contribution in [0.3, 0.4) is 0 Å². The largest absolute Gasteiger partial charge is 0.480 e. The monoisotopic (exact) mass is 251 g/mol. The lowest BCUT2D eigenvalue weighted by Gasteiger charge is -2.30. The van der Waals surface area contributed by atoms with Crippen LogP contribution >= 0.6 is 0 Å². The average molecular weight is 251 g/mol. The van der Waals surface area contributed by atoms with Gasteiger partial charge in [0.05, 0.1) is 0 Å². The molecule has 1 unspecified atom stereocenters. The van der Waals surface area contributed by atoms with E-state index in [-0.39, 0.29) is 11.7 Å². The summed E-state index contributed by atoms with van der Waals surface area (Å²) in [5, 5.41) is 9.27. The summed E-state index contributed by atoms with van der Waals surface area (Å²) in [5.41, 5.74) is -1.11. The molecule has 18 heavy (non-hydrogen) atoms. The highest BCUT2D eigenvalue weighted by Crippen LogP contribution is 2.31. The molecule has 0 aromatic carbocycles. The number of carboxylic acids is 1. The SMILES string of the molecule is CCc1ccc(C(=O)N2CCCC2(C)C(=O)O)o1. The van der Waals surface area contributed by atoms with Crippen LogP contribution in [0.4, 0.5) is 0 Å². The van der Waals surface area contributed by atoms with Crippen LogP contribution < -0.4 is 0 Å². The lowest BCUT2D eigenvalue weighted by molar-refractivity contribution is -0.147. The molecule has 0 radical (unpaired) electrons. The van der Waals surface area contributed by atoms with E-state index in [2.05, 4.69) is 0 Å². The van der Waals surface area contributed by atoms with Gasteiger partial charge in [-0.15, -0.1) is 0 Å². The minimum Gasteiger partial charge on any atom is -0.480 e. The van der Waals surface area contributed by atoms with Crippen LogP contribution in [0.2, 0.25) is 0 Å². The maximum absolute atomic E-state index is 12.3. The number of aryl methyl sites for hydroxylation is 1. The summed E-state index contributed by atoms with van der Waals surface area (Å²) in [5.74, 6) is -0.344.